The molecule has 0 N–H and O–H groups in total. The first-order valence-corrected chi connectivity index (χ1v) is 9.18. The zero-order chi connectivity index (χ0) is 15.7. The largest absolute Gasteiger partial charge is 0.334 e. The normalized spacial score (nSPS) is 25.9. The summed E-state index contributed by atoms with van der Waals surface area (Å²) in [5.74, 6) is -0.334. The summed E-state index contributed by atoms with van der Waals surface area (Å²) in [4.78, 5) is 13.9. The monoisotopic (exact) mass is 337 g/mol. The van der Waals surface area contributed by atoms with Gasteiger partial charge in [0.15, 0.2) is 9.84 Å². The van der Waals surface area contributed by atoms with Gasteiger partial charge in [-0.15, -0.1) is 0 Å². The number of fused-ring (bicyclic) bond motifs is 1. The van der Waals surface area contributed by atoms with Crippen LogP contribution in [0.2, 0.25) is 5.02 Å². The third-order valence-corrected chi connectivity index (χ3v) is 6.02. The molecular weight excluding hydrogens is 322 g/mol. The van der Waals surface area contributed by atoms with E-state index in [1.54, 1.807) is 29.2 Å². The lowest BCUT2D eigenvalue weighted by Crippen LogP contribution is -2.47. The minimum Gasteiger partial charge on any atom is -0.334 e. The molecule has 2 heterocycles. The van der Waals surface area contributed by atoms with E-state index in [4.69, 9.17) is 11.6 Å². The van der Waals surface area contributed by atoms with Gasteiger partial charge in [-0.3, -0.25) is 4.79 Å². The highest BCUT2D eigenvalue weighted by molar-refractivity contribution is 7.96. The van der Waals surface area contributed by atoms with Crippen LogP contribution in [0.4, 0.5) is 0 Å². The average molecular weight is 338 g/mol. The molecule has 0 spiro atoms. The molecule has 0 saturated carbocycles. The Morgan fingerprint density at radius 2 is 2.14 bits per heavy atom. The molecule has 4 nitrogen and oxygen atoms in total. The van der Waals surface area contributed by atoms with Gasteiger partial charge in [-0.25, -0.2) is 8.42 Å². The Morgan fingerprint density at radius 3 is 2.91 bits per heavy atom. The quantitative estimate of drug-likeness (QED) is 0.780. The number of carbonyl (C=O) groups excluding carboxylic acids is 1. The van der Waals surface area contributed by atoms with Crippen LogP contribution in [0.15, 0.2) is 41.3 Å². The summed E-state index contributed by atoms with van der Waals surface area (Å²) in [6, 6.07) is 7.05. The van der Waals surface area contributed by atoms with E-state index in [2.05, 4.69) is 0 Å². The van der Waals surface area contributed by atoms with Gasteiger partial charge in [-0.05, 0) is 36.6 Å². The van der Waals surface area contributed by atoms with Crippen molar-refractivity contribution in [2.75, 3.05) is 12.3 Å². The lowest BCUT2D eigenvalue weighted by Gasteiger charge is -2.30. The minimum atomic E-state index is -3.50. The zero-order valence-electron chi connectivity index (χ0n) is 11.9. The Bertz CT molecular complexity index is 767. The van der Waals surface area contributed by atoms with Crippen molar-refractivity contribution < 1.29 is 13.2 Å². The SMILES string of the molecule is O=C1/C(=C\C=C\c2cccc(Cl)c2)S(=O)(=O)CC2CCCN12. The van der Waals surface area contributed by atoms with E-state index in [-0.39, 0.29) is 22.6 Å². The second-order valence-electron chi connectivity index (χ2n) is 5.52. The summed E-state index contributed by atoms with van der Waals surface area (Å²) < 4.78 is 24.5. The van der Waals surface area contributed by atoms with Crippen LogP contribution in [0.25, 0.3) is 6.08 Å². The minimum absolute atomic E-state index is 0.0373. The number of benzene rings is 1. The number of hydrogen-bond donors (Lipinski definition) is 0. The molecule has 0 bridgehead atoms. The van der Waals surface area contributed by atoms with E-state index < -0.39 is 9.84 Å². The third-order valence-electron chi connectivity index (χ3n) is 3.98. The number of sulfone groups is 1. The molecule has 0 aliphatic carbocycles. The Morgan fingerprint density at radius 1 is 1.32 bits per heavy atom. The number of nitrogens with zero attached hydrogens (tertiary/aromatic N) is 1. The number of hydrogen-bond acceptors (Lipinski definition) is 3. The average Bonchev–Trinajstić information content (AvgIpc) is 2.90. The van der Waals surface area contributed by atoms with Crippen molar-refractivity contribution in [1.82, 2.24) is 4.90 Å². The van der Waals surface area contributed by atoms with Gasteiger partial charge >= 0.3 is 0 Å². The standard InChI is InChI=1S/C16H16ClNO3S/c17-13-6-1-4-12(10-13)5-2-8-15-16(19)18-9-3-7-14(18)11-22(15,20)21/h1-2,4-6,8,10,14H,3,7,9,11H2/b5-2+,15-8+. The van der Waals surface area contributed by atoms with Crippen molar-refractivity contribution in [2.45, 2.75) is 18.9 Å². The number of rotatable bonds is 2. The van der Waals surface area contributed by atoms with Gasteiger partial charge in [0.2, 0.25) is 0 Å². The smallest absolute Gasteiger partial charge is 0.265 e. The van der Waals surface area contributed by atoms with Crippen LogP contribution in [-0.4, -0.2) is 37.6 Å². The predicted molar refractivity (Wildman–Crippen MR) is 87.1 cm³/mol. The fourth-order valence-corrected chi connectivity index (χ4v) is 4.83. The summed E-state index contributed by atoms with van der Waals surface area (Å²) in [6.45, 7) is 0.647. The second-order valence-corrected chi connectivity index (χ2v) is 7.96. The number of carbonyl (C=O) groups is 1. The summed E-state index contributed by atoms with van der Waals surface area (Å²) in [5.41, 5.74) is 0.851. The molecule has 22 heavy (non-hydrogen) atoms. The van der Waals surface area contributed by atoms with Crippen molar-refractivity contribution >= 4 is 33.4 Å². The summed E-state index contributed by atoms with van der Waals surface area (Å²) >= 11 is 5.90. The van der Waals surface area contributed by atoms with Crippen LogP contribution in [0.5, 0.6) is 0 Å². The number of amides is 1. The Labute approximate surface area is 135 Å². The van der Waals surface area contributed by atoms with Crippen LogP contribution >= 0.6 is 11.6 Å². The summed E-state index contributed by atoms with van der Waals surface area (Å²) in [5, 5.41) is 0.607. The molecule has 0 aromatic heterocycles. The van der Waals surface area contributed by atoms with Gasteiger partial charge in [0, 0.05) is 17.6 Å². The Balaban J connectivity index is 1.87. The van der Waals surface area contributed by atoms with Crippen LogP contribution in [0.3, 0.4) is 0 Å². The lowest BCUT2D eigenvalue weighted by atomic mass is 10.2. The maximum atomic E-state index is 12.3. The molecule has 116 valence electrons. The molecule has 1 aromatic carbocycles. The molecule has 6 heteroatoms. The van der Waals surface area contributed by atoms with Crippen molar-refractivity contribution in [2.24, 2.45) is 0 Å². The van der Waals surface area contributed by atoms with Gasteiger partial charge < -0.3 is 4.90 Å². The van der Waals surface area contributed by atoms with Gasteiger partial charge in [-0.1, -0.05) is 35.9 Å². The van der Waals surface area contributed by atoms with E-state index in [1.807, 2.05) is 12.1 Å². The van der Waals surface area contributed by atoms with Crippen molar-refractivity contribution in [3.63, 3.8) is 0 Å². The molecule has 2 aliphatic rings. The topological polar surface area (TPSA) is 54.5 Å². The first kappa shape index (κ1) is 15.3. The highest BCUT2D eigenvalue weighted by Crippen LogP contribution is 2.29. The molecule has 2 saturated heterocycles. The molecule has 1 amide bonds. The van der Waals surface area contributed by atoms with Crippen LogP contribution in [-0.2, 0) is 14.6 Å². The van der Waals surface area contributed by atoms with Gasteiger partial charge in [0.25, 0.3) is 5.91 Å². The van der Waals surface area contributed by atoms with Crippen LogP contribution < -0.4 is 0 Å². The lowest BCUT2D eigenvalue weighted by molar-refractivity contribution is -0.127. The first-order chi connectivity index (χ1) is 10.5. The Hall–Kier alpha value is -1.59. The Kier molecular flexibility index (Phi) is 4.10. The van der Waals surface area contributed by atoms with Gasteiger partial charge in [0.1, 0.15) is 4.91 Å². The van der Waals surface area contributed by atoms with Crippen molar-refractivity contribution in [3.05, 3.63) is 51.9 Å². The summed E-state index contributed by atoms with van der Waals surface area (Å²) in [6.07, 6.45) is 6.37. The van der Waals surface area contributed by atoms with E-state index in [0.29, 0.717) is 11.6 Å². The highest BCUT2D eigenvalue weighted by atomic mass is 35.5. The maximum Gasteiger partial charge on any atom is 0.265 e. The van der Waals surface area contributed by atoms with Crippen LogP contribution in [0, 0.1) is 0 Å². The molecule has 1 atom stereocenters. The number of halogens is 1. The number of allylic oxidation sites excluding steroid dienone is 2. The fourth-order valence-electron chi connectivity index (χ4n) is 2.93. The summed E-state index contributed by atoms with van der Waals surface area (Å²) in [7, 11) is -3.50. The first-order valence-electron chi connectivity index (χ1n) is 7.15. The fraction of sp³-hybridized carbons (Fsp3) is 0.312. The molecule has 0 radical (unpaired) electrons. The van der Waals surface area contributed by atoms with E-state index in [0.717, 1.165) is 18.4 Å². The van der Waals surface area contributed by atoms with E-state index in [1.165, 1.54) is 6.08 Å². The highest BCUT2D eigenvalue weighted by Gasteiger charge is 2.42. The van der Waals surface area contributed by atoms with Crippen molar-refractivity contribution in [1.29, 1.82) is 0 Å². The third kappa shape index (κ3) is 2.96. The van der Waals surface area contributed by atoms with Gasteiger partial charge in [-0.2, -0.15) is 0 Å². The molecule has 2 fully saturated rings. The zero-order valence-corrected chi connectivity index (χ0v) is 13.5. The molecule has 3 rings (SSSR count). The predicted octanol–water partition coefficient (Wildman–Crippen LogP) is 2.66. The van der Waals surface area contributed by atoms with Crippen molar-refractivity contribution in [3.8, 4) is 0 Å². The van der Waals surface area contributed by atoms with E-state index >= 15 is 0 Å². The molecule has 2 aliphatic heterocycles. The molecular formula is C16H16ClNO3S. The van der Waals surface area contributed by atoms with Gasteiger partial charge in [0.05, 0.1) is 5.75 Å². The molecule has 1 aromatic rings. The van der Waals surface area contributed by atoms with Crippen LogP contribution in [0.1, 0.15) is 18.4 Å². The maximum absolute atomic E-state index is 12.3. The van der Waals surface area contributed by atoms with E-state index in [9.17, 15) is 13.2 Å². The second kappa shape index (κ2) is 5.89. The molecule has 1 unspecified atom stereocenters.